The standard InChI is InChI=1S/C22H23N2/c1-13-8-14(2)16(4)19(9-13)22-11-20-17(12-24(22)5)10-21-18(20)7-6-15(3)23-21/h6-9,11-12H,10H2,1-5H3/q+1. The van der Waals surface area contributed by atoms with Gasteiger partial charge in [0, 0.05) is 34.9 Å². The largest absolute Gasteiger partial charge is 0.257 e. The van der Waals surface area contributed by atoms with Crippen molar-refractivity contribution in [2.75, 3.05) is 0 Å². The highest BCUT2D eigenvalue weighted by Crippen LogP contribution is 2.37. The van der Waals surface area contributed by atoms with Crippen LogP contribution in [0.2, 0.25) is 0 Å². The number of aromatic nitrogens is 2. The highest BCUT2D eigenvalue weighted by atomic mass is 14.9. The minimum Gasteiger partial charge on any atom is -0.257 e. The number of pyridine rings is 2. The number of nitrogens with zero attached hydrogens (tertiary/aromatic N) is 2. The summed E-state index contributed by atoms with van der Waals surface area (Å²) in [6, 6.07) is 11.2. The first kappa shape index (κ1) is 15.1. The van der Waals surface area contributed by atoms with E-state index in [1.807, 2.05) is 0 Å². The molecular formula is C22H23N2+. The quantitative estimate of drug-likeness (QED) is 0.476. The van der Waals surface area contributed by atoms with Gasteiger partial charge in [-0.2, -0.15) is 0 Å². The zero-order valence-corrected chi connectivity index (χ0v) is 15.1. The van der Waals surface area contributed by atoms with Gasteiger partial charge in [-0.1, -0.05) is 17.7 Å². The van der Waals surface area contributed by atoms with Crippen molar-refractivity contribution >= 4 is 0 Å². The first-order valence-electron chi connectivity index (χ1n) is 8.51. The van der Waals surface area contributed by atoms with Crippen molar-refractivity contribution in [2.24, 2.45) is 7.05 Å². The Balaban J connectivity index is 1.95. The molecule has 120 valence electrons. The predicted molar refractivity (Wildman–Crippen MR) is 98.0 cm³/mol. The Morgan fingerprint density at radius 3 is 2.50 bits per heavy atom. The zero-order valence-electron chi connectivity index (χ0n) is 15.1. The summed E-state index contributed by atoms with van der Waals surface area (Å²) < 4.78 is 2.26. The molecule has 2 aromatic heterocycles. The van der Waals surface area contributed by atoms with Gasteiger partial charge in [0.1, 0.15) is 7.05 Å². The van der Waals surface area contributed by atoms with Crippen LogP contribution >= 0.6 is 0 Å². The van der Waals surface area contributed by atoms with Gasteiger partial charge in [0.25, 0.3) is 0 Å². The summed E-state index contributed by atoms with van der Waals surface area (Å²) in [5.41, 5.74) is 12.9. The van der Waals surface area contributed by atoms with Crippen LogP contribution in [0.1, 0.15) is 33.6 Å². The minimum atomic E-state index is 0.937. The molecule has 0 amide bonds. The van der Waals surface area contributed by atoms with Crippen molar-refractivity contribution in [3.8, 4) is 22.4 Å². The third kappa shape index (κ3) is 2.25. The number of hydrogen-bond acceptors (Lipinski definition) is 1. The summed E-state index contributed by atoms with van der Waals surface area (Å²) in [6.07, 6.45) is 3.21. The number of hydrogen-bond donors (Lipinski definition) is 0. The lowest BCUT2D eigenvalue weighted by atomic mass is 9.95. The fraction of sp³-hybridized carbons (Fsp3) is 0.273. The van der Waals surface area contributed by atoms with E-state index >= 15 is 0 Å². The Labute approximate surface area is 143 Å². The van der Waals surface area contributed by atoms with E-state index < -0.39 is 0 Å². The predicted octanol–water partition coefficient (Wildman–Crippen LogP) is 4.38. The van der Waals surface area contributed by atoms with Crippen LogP contribution in [0.5, 0.6) is 0 Å². The van der Waals surface area contributed by atoms with Gasteiger partial charge >= 0.3 is 0 Å². The molecule has 2 nitrogen and oxygen atoms in total. The second-order valence-electron chi connectivity index (χ2n) is 7.09. The van der Waals surface area contributed by atoms with Crippen molar-refractivity contribution in [2.45, 2.75) is 34.1 Å². The van der Waals surface area contributed by atoms with E-state index in [2.05, 4.69) is 75.8 Å². The normalized spacial score (nSPS) is 12.2. The van der Waals surface area contributed by atoms with E-state index in [-0.39, 0.29) is 0 Å². The Kier molecular flexibility index (Phi) is 3.31. The molecule has 0 aliphatic heterocycles. The fourth-order valence-electron chi connectivity index (χ4n) is 3.84. The first-order valence-corrected chi connectivity index (χ1v) is 8.51. The van der Waals surface area contributed by atoms with E-state index in [1.165, 1.54) is 50.3 Å². The summed E-state index contributed by atoms with van der Waals surface area (Å²) in [7, 11) is 2.15. The van der Waals surface area contributed by atoms with Gasteiger partial charge in [-0.15, -0.1) is 0 Å². The van der Waals surface area contributed by atoms with E-state index in [4.69, 9.17) is 4.98 Å². The van der Waals surface area contributed by atoms with Crippen LogP contribution in [0.25, 0.3) is 22.4 Å². The summed E-state index contributed by atoms with van der Waals surface area (Å²) in [6.45, 7) is 8.65. The Morgan fingerprint density at radius 1 is 0.917 bits per heavy atom. The van der Waals surface area contributed by atoms with E-state index in [0.29, 0.717) is 0 Å². The molecule has 2 heteroatoms. The smallest absolute Gasteiger partial charge is 0.213 e. The van der Waals surface area contributed by atoms with Crippen LogP contribution in [0.3, 0.4) is 0 Å². The molecule has 4 rings (SSSR count). The van der Waals surface area contributed by atoms with Crippen LogP contribution in [0.15, 0.2) is 36.5 Å². The molecule has 0 saturated heterocycles. The first-order chi connectivity index (χ1) is 11.4. The van der Waals surface area contributed by atoms with Gasteiger partial charge < -0.3 is 0 Å². The maximum Gasteiger partial charge on any atom is 0.213 e. The van der Waals surface area contributed by atoms with Crippen molar-refractivity contribution in [3.63, 3.8) is 0 Å². The van der Waals surface area contributed by atoms with Crippen molar-refractivity contribution in [1.82, 2.24) is 4.98 Å². The molecule has 0 fully saturated rings. The van der Waals surface area contributed by atoms with Crippen LogP contribution < -0.4 is 4.57 Å². The van der Waals surface area contributed by atoms with Gasteiger partial charge in [-0.3, -0.25) is 4.98 Å². The molecule has 0 radical (unpaired) electrons. The Bertz CT molecular complexity index is 984. The van der Waals surface area contributed by atoms with Crippen molar-refractivity contribution in [3.05, 3.63) is 70.2 Å². The molecule has 0 N–H and O–H groups in total. The fourth-order valence-corrected chi connectivity index (χ4v) is 3.84. The molecule has 24 heavy (non-hydrogen) atoms. The summed E-state index contributed by atoms with van der Waals surface area (Å²) >= 11 is 0. The molecule has 0 spiro atoms. The average Bonchev–Trinajstić information content (AvgIpc) is 2.86. The van der Waals surface area contributed by atoms with Gasteiger partial charge in [0.05, 0.1) is 5.69 Å². The Hall–Kier alpha value is -2.48. The third-order valence-corrected chi connectivity index (χ3v) is 5.21. The summed E-state index contributed by atoms with van der Waals surface area (Å²) in [5, 5.41) is 0. The number of rotatable bonds is 1. The van der Waals surface area contributed by atoms with Crippen LogP contribution in [0, 0.1) is 27.7 Å². The highest BCUT2D eigenvalue weighted by Gasteiger charge is 2.26. The van der Waals surface area contributed by atoms with Gasteiger partial charge in [-0.05, 0) is 56.5 Å². The lowest BCUT2D eigenvalue weighted by molar-refractivity contribution is -0.660. The molecule has 0 saturated carbocycles. The molecule has 1 aliphatic carbocycles. The molecule has 0 unspecified atom stereocenters. The molecular weight excluding hydrogens is 292 g/mol. The van der Waals surface area contributed by atoms with Crippen LogP contribution in [-0.2, 0) is 13.5 Å². The van der Waals surface area contributed by atoms with Gasteiger partial charge in [-0.25, -0.2) is 4.57 Å². The molecule has 0 atom stereocenters. The highest BCUT2D eigenvalue weighted by molar-refractivity contribution is 5.78. The minimum absolute atomic E-state index is 0.937. The monoisotopic (exact) mass is 315 g/mol. The average molecular weight is 315 g/mol. The molecule has 0 bridgehead atoms. The molecule has 1 aromatic carbocycles. The van der Waals surface area contributed by atoms with Gasteiger partial charge in [0.2, 0.25) is 5.69 Å². The van der Waals surface area contributed by atoms with E-state index in [9.17, 15) is 0 Å². The lowest BCUT2D eigenvalue weighted by Crippen LogP contribution is -2.31. The van der Waals surface area contributed by atoms with E-state index in [0.717, 1.165) is 12.1 Å². The number of aryl methyl sites for hydroxylation is 4. The van der Waals surface area contributed by atoms with Crippen LogP contribution in [0.4, 0.5) is 0 Å². The van der Waals surface area contributed by atoms with Crippen molar-refractivity contribution < 1.29 is 4.57 Å². The van der Waals surface area contributed by atoms with Crippen molar-refractivity contribution in [1.29, 1.82) is 0 Å². The maximum absolute atomic E-state index is 4.74. The number of fused-ring (bicyclic) bond motifs is 3. The SMILES string of the molecule is Cc1cc(C)c(C)c(-c2cc3c(c[n+]2C)Cc2nc(C)ccc2-3)c1. The lowest BCUT2D eigenvalue weighted by Gasteiger charge is -2.10. The maximum atomic E-state index is 4.74. The second-order valence-corrected chi connectivity index (χ2v) is 7.09. The second kappa shape index (κ2) is 5.27. The molecule has 2 heterocycles. The molecule has 3 aromatic rings. The summed E-state index contributed by atoms with van der Waals surface area (Å²) in [4.78, 5) is 4.74. The number of benzene rings is 1. The van der Waals surface area contributed by atoms with E-state index in [1.54, 1.807) is 0 Å². The third-order valence-electron chi connectivity index (χ3n) is 5.21. The topological polar surface area (TPSA) is 16.8 Å². The van der Waals surface area contributed by atoms with Gasteiger partial charge in [0.15, 0.2) is 6.20 Å². The Morgan fingerprint density at radius 2 is 1.71 bits per heavy atom. The van der Waals surface area contributed by atoms with Crippen LogP contribution in [-0.4, -0.2) is 4.98 Å². The summed E-state index contributed by atoms with van der Waals surface area (Å²) in [5.74, 6) is 0. The molecule has 1 aliphatic rings. The zero-order chi connectivity index (χ0) is 17.0.